The number of nitrogens with zero attached hydrogens (tertiary/aromatic N) is 3. The normalized spacial score (nSPS) is 10.8. The fraction of sp³-hybridized carbons (Fsp3) is 0.471. The minimum absolute atomic E-state index is 0.207. The van der Waals surface area contributed by atoms with Gasteiger partial charge in [0.1, 0.15) is 5.75 Å². The van der Waals surface area contributed by atoms with E-state index in [9.17, 15) is 4.79 Å². The van der Waals surface area contributed by atoms with Crippen molar-refractivity contribution < 1.29 is 18.8 Å². The quantitative estimate of drug-likeness (QED) is 0.652. The topological polar surface area (TPSA) is 77.7 Å². The van der Waals surface area contributed by atoms with Gasteiger partial charge in [0.2, 0.25) is 11.7 Å². The molecule has 0 unspecified atom stereocenters. The molecule has 0 aliphatic rings. The zero-order valence-electron chi connectivity index (χ0n) is 14.3. The van der Waals surface area contributed by atoms with Gasteiger partial charge in [0.05, 0.1) is 26.8 Å². The molecular formula is C17H23N3O4. The Balaban J connectivity index is 2.06. The van der Waals surface area contributed by atoms with Gasteiger partial charge in [-0.15, -0.1) is 0 Å². The lowest BCUT2D eigenvalue weighted by Gasteiger charge is -2.18. The van der Waals surface area contributed by atoms with Crippen LogP contribution in [0.25, 0.3) is 11.4 Å². The molecule has 24 heavy (non-hydrogen) atoms. The van der Waals surface area contributed by atoms with Crippen molar-refractivity contribution in [2.24, 2.45) is 0 Å². The molecule has 0 aliphatic heterocycles. The summed E-state index contributed by atoms with van der Waals surface area (Å²) < 4.78 is 15.5. The first-order valence-electron chi connectivity index (χ1n) is 8.01. The summed E-state index contributed by atoms with van der Waals surface area (Å²) in [5, 5.41) is 4.01. The number of esters is 1. The molecule has 0 amide bonds. The second-order valence-electron chi connectivity index (χ2n) is 5.26. The van der Waals surface area contributed by atoms with Crippen LogP contribution in [-0.2, 0) is 16.1 Å². The molecule has 0 radical (unpaired) electrons. The smallest absolute Gasteiger partial charge is 0.320 e. The molecule has 0 saturated heterocycles. The maximum Gasteiger partial charge on any atom is 0.320 e. The van der Waals surface area contributed by atoms with Crippen LogP contribution in [0.15, 0.2) is 28.8 Å². The minimum Gasteiger partial charge on any atom is -0.497 e. The van der Waals surface area contributed by atoms with Gasteiger partial charge in [0.15, 0.2) is 0 Å². The summed E-state index contributed by atoms with van der Waals surface area (Å²) >= 11 is 0. The second-order valence-corrected chi connectivity index (χ2v) is 5.26. The molecule has 0 atom stereocenters. The van der Waals surface area contributed by atoms with Crippen LogP contribution in [0.1, 0.15) is 26.2 Å². The highest BCUT2D eigenvalue weighted by Gasteiger charge is 2.16. The average Bonchev–Trinajstić information content (AvgIpc) is 3.04. The van der Waals surface area contributed by atoms with Crippen LogP contribution in [0.2, 0.25) is 0 Å². The van der Waals surface area contributed by atoms with Gasteiger partial charge < -0.3 is 14.0 Å². The molecule has 2 aromatic rings. The number of aromatic nitrogens is 2. The van der Waals surface area contributed by atoms with E-state index in [1.807, 2.05) is 36.1 Å². The third-order valence-electron chi connectivity index (χ3n) is 3.35. The predicted octanol–water partition coefficient (Wildman–Crippen LogP) is 2.52. The van der Waals surface area contributed by atoms with Gasteiger partial charge in [0, 0.05) is 5.56 Å². The van der Waals surface area contributed by atoms with Crippen LogP contribution in [0, 0.1) is 0 Å². The van der Waals surface area contributed by atoms with E-state index in [4.69, 9.17) is 14.0 Å². The fourth-order valence-electron chi connectivity index (χ4n) is 2.31. The van der Waals surface area contributed by atoms with Gasteiger partial charge >= 0.3 is 5.97 Å². The van der Waals surface area contributed by atoms with Gasteiger partial charge in [0.25, 0.3) is 0 Å². The van der Waals surface area contributed by atoms with Crippen molar-refractivity contribution in [1.29, 1.82) is 0 Å². The van der Waals surface area contributed by atoms with Crippen LogP contribution >= 0.6 is 0 Å². The van der Waals surface area contributed by atoms with E-state index in [2.05, 4.69) is 10.1 Å². The Labute approximate surface area is 141 Å². The number of hydrogen-bond acceptors (Lipinski definition) is 7. The van der Waals surface area contributed by atoms with E-state index in [0.29, 0.717) is 24.9 Å². The highest BCUT2D eigenvalue weighted by molar-refractivity contribution is 5.71. The summed E-state index contributed by atoms with van der Waals surface area (Å²) in [5.41, 5.74) is 0.816. The third kappa shape index (κ3) is 5.06. The minimum atomic E-state index is -0.251. The van der Waals surface area contributed by atoms with Crippen molar-refractivity contribution in [2.45, 2.75) is 26.8 Å². The highest BCUT2D eigenvalue weighted by atomic mass is 16.5. The molecule has 1 aromatic carbocycles. The second kappa shape index (κ2) is 9.02. The van der Waals surface area contributed by atoms with E-state index in [1.54, 1.807) is 14.0 Å². The average molecular weight is 333 g/mol. The maximum absolute atomic E-state index is 11.7. The Morgan fingerprint density at radius 2 is 2.17 bits per heavy atom. The number of carbonyl (C=O) groups is 1. The Morgan fingerprint density at radius 3 is 2.88 bits per heavy atom. The maximum atomic E-state index is 11.7. The monoisotopic (exact) mass is 333 g/mol. The van der Waals surface area contributed by atoms with Gasteiger partial charge in [-0.05, 0) is 32.0 Å². The summed E-state index contributed by atoms with van der Waals surface area (Å²) in [6, 6.07) is 7.46. The highest BCUT2D eigenvalue weighted by Crippen LogP contribution is 2.21. The summed E-state index contributed by atoms with van der Waals surface area (Å²) in [6.45, 7) is 5.57. The van der Waals surface area contributed by atoms with Crippen LogP contribution in [-0.4, -0.2) is 47.8 Å². The van der Waals surface area contributed by atoms with Gasteiger partial charge in [-0.25, -0.2) is 0 Å². The van der Waals surface area contributed by atoms with Crippen molar-refractivity contribution in [1.82, 2.24) is 15.0 Å². The van der Waals surface area contributed by atoms with E-state index in [-0.39, 0.29) is 12.5 Å². The molecule has 130 valence electrons. The lowest BCUT2D eigenvalue weighted by atomic mass is 10.2. The Morgan fingerprint density at radius 1 is 1.33 bits per heavy atom. The molecule has 0 N–H and O–H groups in total. The Bertz CT molecular complexity index is 657. The number of methoxy groups -OCH3 is 1. The molecule has 0 saturated carbocycles. The Kier molecular flexibility index (Phi) is 6.74. The summed E-state index contributed by atoms with van der Waals surface area (Å²) in [4.78, 5) is 18.0. The zero-order chi connectivity index (χ0) is 17.4. The zero-order valence-corrected chi connectivity index (χ0v) is 14.3. The van der Waals surface area contributed by atoms with E-state index < -0.39 is 0 Å². The summed E-state index contributed by atoms with van der Waals surface area (Å²) in [7, 11) is 1.61. The molecule has 7 nitrogen and oxygen atoms in total. The molecule has 0 spiro atoms. The predicted molar refractivity (Wildman–Crippen MR) is 88.5 cm³/mol. The number of ether oxygens (including phenoxy) is 2. The van der Waals surface area contributed by atoms with Crippen molar-refractivity contribution >= 4 is 5.97 Å². The number of rotatable bonds is 9. The van der Waals surface area contributed by atoms with Crippen LogP contribution in [0.4, 0.5) is 0 Å². The number of carbonyl (C=O) groups excluding carboxylic acids is 1. The van der Waals surface area contributed by atoms with Crippen LogP contribution in [0.3, 0.4) is 0 Å². The first-order valence-corrected chi connectivity index (χ1v) is 8.01. The Hall–Kier alpha value is -2.41. The van der Waals surface area contributed by atoms with Gasteiger partial charge in [-0.2, -0.15) is 4.98 Å². The first kappa shape index (κ1) is 17.9. The van der Waals surface area contributed by atoms with Gasteiger partial charge in [-0.1, -0.05) is 24.2 Å². The van der Waals surface area contributed by atoms with E-state index in [1.165, 1.54) is 0 Å². The van der Waals surface area contributed by atoms with Crippen molar-refractivity contribution in [2.75, 3.05) is 26.8 Å². The molecule has 2 rings (SSSR count). The third-order valence-corrected chi connectivity index (χ3v) is 3.35. The van der Waals surface area contributed by atoms with E-state index >= 15 is 0 Å². The lowest BCUT2D eigenvalue weighted by Crippen LogP contribution is -2.31. The van der Waals surface area contributed by atoms with Crippen LogP contribution < -0.4 is 4.74 Å². The standard InChI is InChI=1S/C17H23N3O4/c1-4-9-20(12-16(21)23-5-2)11-15-18-17(19-24-15)13-7-6-8-14(10-13)22-3/h6-8,10H,4-5,9,11-12H2,1-3H3. The molecule has 1 heterocycles. The SMILES string of the molecule is CCCN(CC(=O)OCC)Cc1nc(-c2cccc(OC)c2)no1. The largest absolute Gasteiger partial charge is 0.497 e. The van der Waals surface area contributed by atoms with Crippen molar-refractivity contribution in [3.8, 4) is 17.1 Å². The molecule has 7 heteroatoms. The molecule has 1 aromatic heterocycles. The first-order chi connectivity index (χ1) is 11.7. The summed E-state index contributed by atoms with van der Waals surface area (Å²) in [5.74, 6) is 1.44. The van der Waals surface area contributed by atoms with E-state index in [0.717, 1.165) is 24.3 Å². The molecule has 0 aliphatic carbocycles. The van der Waals surface area contributed by atoms with Crippen molar-refractivity contribution in [3.63, 3.8) is 0 Å². The van der Waals surface area contributed by atoms with Crippen LogP contribution in [0.5, 0.6) is 5.75 Å². The number of benzene rings is 1. The summed E-state index contributed by atoms with van der Waals surface area (Å²) in [6.07, 6.45) is 0.913. The number of hydrogen-bond donors (Lipinski definition) is 0. The molecular weight excluding hydrogens is 310 g/mol. The molecule has 0 fully saturated rings. The molecule has 0 bridgehead atoms. The van der Waals surface area contributed by atoms with Crippen molar-refractivity contribution in [3.05, 3.63) is 30.2 Å². The lowest BCUT2D eigenvalue weighted by molar-refractivity contribution is -0.144. The fourth-order valence-corrected chi connectivity index (χ4v) is 2.31. The van der Waals surface area contributed by atoms with Gasteiger partial charge in [-0.3, -0.25) is 9.69 Å².